The molecule has 2 aromatic rings. The van der Waals surface area contributed by atoms with Crippen molar-refractivity contribution in [3.63, 3.8) is 0 Å². The maximum atomic E-state index is 9.67. The first-order valence-corrected chi connectivity index (χ1v) is 13.7. The number of alkyl halides is 2. The van der Waals surface area contributed by atoms with Crippen molar-refractivity contribution in [3.8, 4) is 11.5 Å². The van der Waals surface area contributed by atoms with Crippen molar-refractivity contribution in [2.24, 2.45) is 0 Å². The van der Waals surface area contributed by atoms with E-state index < -0.39 is 6.10 Å². The SMILES string of the molecule is OCC(Br)COc1c(Br)cc(Cc2cc(Br)c(OCC(O)CBr)c(Br)c2)cc1Br. The van der Waals surface area contributed by atoms with Crippen LogP contribution in [0.15, 0.2) is 42.2 Å². The Morgan fingerprint density at radius 3 is 1.59 bits per heavy atom. The van der Waals surface area contributed by atoms with E-state index >= 15 is 0 Å². The summed E-state index contributed by atoms with van der Waals surface area (Å²) < 4.78 is 14.8. The molecule has 0 fully saturated rings. The molecule has 0 aliphatic carbocycles. The summed E-state index contributed by atoms with van der Waals surface area (Å²) in [6.07, 6.45) is 0.137. The molecule has 160 valence electrons. The second kappa shape index (κ2) is 12.8. The summed E-state index contributed by atoms with van der Waals surface area (Å²) in [6.45, 7) is 0.568. The lowest BCUT2D eigenvalue weighted by atomic mass is 10.0. The third-order valence-corrected chi connectivity index (χ3v) is 7.39. The largest absolute Gasteiger partial charge is 0.490 e. The van der Waals surface area contributed by atoms with E-state index in [0.29, 0.717) is 29.9 Å². The van der Waals surface area contributed by atoms with Gasteiger partial charge in [-0.15, -0.1) is 0 Å². The van der Waals surface area contributed by atoms with Crippen molar-refractivity contribution in [1.29, 1.82) is 0 Å². The molecule has 10 heteroatoms. The summed E-state index contributed by atoms with van der Waals surface area (Å²) in [5.74, 6) is 1.36. The zero-order valence-corrected chi connectivity index (χ0v) is 24.5. The van der Waals surface area contributed by atoms with Crippen LogP contribution in [0.3, 0.4) is 0 Å². The van der Waals surface area contributed by atoms with E-state index in [0.717, 1.165) is 29.0 Å². The van der Waals surface area contributed by atoms with Gasteiger partial charge in [0.25, 0.3) is 0 Å². The topological polar surface area (TPSA) is 58.9 Å². The summed E-state index contributed by atoms with van der Waals surface area (Å²) in [6, 6.07) is 8.04. The van der Waals surface area contributed by atoms with Crippen molar-refractivity contribution < 1.29 is 19.7 Å². The van der Waals surface area contributed by atoms with Crippen LogP contribution in [0.4, 0.5) is 0 Å². The van der Waals surface area contributed by atoms with Gasteiger partial charge in [-0.2, -0.15) is 0 Å². The Kier molecular flexibility index (Phi) is 11.5. The molecule has 0 aliphatic heterocycles. The molecule has 0 spiro atoms. The normalized spacial score (nSPS) is 13.2. The van der Waals surface area contributed by atoms with Crippen LogP contribution in [0.25, 0.3) is 0 Å². The maximum absolute atomic E-state index is 9.67. The lowest BCUT2D eigenvalue weighted by Crippen LogP contribution is -2.19. The molecular formula is C19H18Br6O4. The van der Waals surface area contributed by atoms with Gasteiger partial charge in [-0.3, -0.25) is 0 Å². The summed E-state index contributed by atoms with van der Waals surface area (Å²) in [5, 5.41) is 19.2. The van der Waals surface area contributed by atoms with Gasteiger partial charge < -0.3 is 19.7 Å². The molecule has 0 aliphatic rings. The number of benzene rings is 2. The van der Waals surface area contributed by atoms with Gasteiger partial charge in [-0.1, -0.05) is 31.9 Å². The standard InChI is InChI=1S/C19H18Br6O4/c20-6-13(27)9-29-19-16(24)4-11(5-17(19)25)1-10-2-14(22)18(15(23)3-10)28-8-12(21)7-26/h2-5,12-13,26-27H,1,6-9H2. The number of hydrogen-bond donors (Lipinski definition) is 2. The van der Waals surface area contributed by atoms with Crippen molar-refractivity contribution in [2.45, 2.75) is 17.4 Å². The van der Waals surface area contributed by atoms with Crippen LogP contribution in [0.2, 0.25) is 0 Å². The monoisotopic (exact) mass is 784 g/mol. The van der Waals surface area contributed by atoms with Crippen LogP contribution in [-0.4, -0.2) is 46.3 Å². The first-order chi connectivity index (χ1) is 13.7. The minimum Gasteiger partial charge on any atom is -0.490 e. The van der Waals surface area contributed by atoms with Crippen molar-refractivity contribution in [2.75, 3.05) is 25.2 Å². The van der Waals surface area contributed by atoms with E-state index in [2.05, 4.69) is 95.6 Å². The van der Waals surface area contributed by atoms with Crippen LogP contribution in [0, 0.1) is 0 Å². The Hall–Kier alpha value is 0.840. The van der Waals surface area contributed by atoms with Gasteiger partial charge >= 0.3 is 0 Å². The molecule has 29 heavy (non-hydrogen) atoms. The first-order valence-electron chi connectivity index (χ1n) is 8.45. The molecule has 2 rings (SSSR count). The Bertz CT molecular complexity index is 719. The minimum absolute atomic E-state index is 0.00581. The lowest BCUT2D eigenvalue weighted by molar-refractivity contribution is 0.126. The highest BCUT2D eigenvalue weighted by Crippen LogP contribution is 2.38. The highest BCUT2D eigenvalue weighted by atomic mass is 79.9. The third-order valence-electron chi connectivity index (χ3n) is 3.73. The molecule has 0 heterocycles. The Labute approximate surface area is 220 Å². The van der Waals surface area contributed by atoms with Crippen LogP contribution in [0.5, 0.6) is 11.5 Å². The highest BCUT2D eigenvalue weighted by Gasteiger charge is 2.14. The molecule has 2 unspecified atom stereocenters. The molecule has 2 N–H and O–H groups in total. The average molecular weight is 790 g/mol. The van der Waals surface area contributed by atoms with E-state index in [1.807, 2.05) is 24.3 Å². The highest BCUT2D eigenvalue weighted by molar-refractivity contribution is 9.11. The number of aliphatic hydroxyl groups is 2. The van der Waals surface area contributed by atoms with E-state index in [9.17, 15) is 5.11 Å². The molecule has 0 saturated heterocycles. The molecule has 4 nitrogen and oxygen atoms in total. The van der Waals surface area contributed by atoms with Crippen LogP contribution in [0.1, 0.15) is 11.1 Å². The maximum Gasteiger partial charge on any atom is 0.147 e. The molecule has 0 amide bonds. The van der Waals surface area contributed by atoms with E-state index in [4.69, 9.17) is 14.6 Å². The number of ether oxygens (including phenoxy) is 2. The van der Waals surface area contributed by atoms with Gasteiger partial charge in [-0.25, -0.2) is 0 Å². The summed E-state index contributed by atoms with van der Waals surface area (Å²) in [5.41, 5.74) is 2.18. The third kappa shape index (κ3) is 8.04. The van der Waals surface area contributed by atoms with Crippen LogP contribution < -0.4 is 9.47 Å². The van der Waals surface area contributed by atoms with Gasteiger partial charge in [0.05, 0.1) is 35.4 Å². The van der Waals surface area contributed by atoms with Crippen LogP contribution >= 0.6 is 95.6 Å². The number of halogens is 6. The smallest absolute Gasteiger partial charge is 0.147 e. The number of aliphatic hydroxyl groups excluding tert-OH is 2. The number of rotatable bonds is 10. The first kappa shape index (κ1) is 26.1. The van der Waals surface area contributed by atoms with Crippen molar-refractivity contribution in [3.05, 3.63) is 53.3 Å². The minimum atomic E-state index is -0.568. The Morgan fingerprint density at radius 2 is 1.21 bits per heavy atom. The molecule has 0 bridgehead atoms. The fraction of sp³-hybridized carbons (Fsp3) is 0.368. The van der Waals surface area contributed by atoms with Gasteiger partial charge in [0, 0.05) is 5.33 Å². The van der Waals surface area contributed by atoms with Gasteiger partial charge in [-0.05, 0) is 106 Å². The fourth-order valence-corrected chi connectivity index (χ4v) is 5.73. The van der Waals surface area contributed by atoms with E-state index in [-0.39, 0.29) is 18.0 Å². The summed E-state index contributed by atoms with van der Waals surface area (Å²) in [4.78, 5) is -0.118. The van der Waals surface area contributed by atoms with E-state index in [1.165, 1.54) is 0 Å². The predicted molar refractivity (Wildman–Crippen MR) is 137 cm³/mol. The Balaban J connectivity index is 2.15. The van der Waals surface area contributed by atoms with E-state index in [1.54, 1.807) is 0 Å². The predicted octanol–water partition coefficient (Wildman–Crippen LogP) is 6.60. The molecule has 0 saturated carbocycles. The number of hydrogen-bond acceptors (Lipinski definition) is 4. The lowest BCUT2D eigenvalue weighted by Gasteiger charge is -2.16. The molecule has 2 aromatic carbocycles. The zero-order valence-electron chi connectivity index (χ0n) is 15.0. The molecule has 2 atom stereocenters. The van der Waals surface area contributed by atoms with Gasteiger partial charge in [0.15, 0.2) is 0 Å². The average Bonchev–Trinajstić information content (AvgIpc) is 2.66. The zero-order chi connectivity index (χ0) is 21.6. The summed E-state index contributed by atoms with van der Waals surface area (Å²) in [7, 11) is 0. The summed E-state index contributed by atoms with van der Waals surface area (Å²) >= 11 is 20.8. The van der Waals surface area contributed by atoms with Gasteiger partial charge in [0.1, 0.15) is 24.7 Å². The fourth-order valence-electron chi connectivity index (χ4n) is 2.39. The second-order valence-electron chi connectivity index (χ2n) is 6.16. The molecule has 0 aromatic heterocycles. The molecular weight excluding hydrogens is 772 g/mol. The van der Waals surface area contributed by atoms with Crippen molar-refractivity contribution >= 4 is 95.6 Å². The van der Waals surface area contributed by atoms with Crippen molar-refractivity contribution in [1.82, 2.24) is 0 Å². The van der Waals surface area contributed by atoms with Gasteiger partial charge in [0.2, 0.25) is 0 Å². The van der Waals surface area contributed by atoms with Crippen LogP contribution in [-0.2, 0) is 6.42 Å². The molecule has 0 radical (unpaired) electrons. The Morgan fingerprint density at radius 1 is 0.793 bits per heavy atom. The second-order valence-corrected chi connectivity index (χ2v) is 11.5. The quantitative estimate of drug-likeness (QED) is 0.267.